The molecular weight excluding hydrogens is 198 g/mol. The number of anilines is 1. The van der Waals surface area contributed by atoms with E-state index in [9.17, 15) is 0 Å². The van der Waals surface area contributed by atoms with Gasteiger partial charge in [0.15, 0.2) is 5.82 Å². The average molecular weight is 213 g/mol. The Morgan fingerprint density at radius 1 is 1.00 bits per heavy atom. The summed E-state index contributed by atoms with van der Waals surface area (Å²) in [4.78, 5) is 8.62. The van der Waals surface area contributed by atoms with Crippen molar-refractivity contribution in [2.24, 2.45) is 0 Å². The van der Waals surface area contributed by atoms with Gasteiger partial charge < -0.3 is 5.32 Å². The predicted octanol–water partition coefficient (Wildman–Crippen LogP) is 2.80. The number of aromatic nitrogens is 2. The maximum absolute atomic E-state index is 4.37. The van der Waals surface area contributed by atoms with Gasteiger partial charge in [0.2, 0.25) is 0 Å². The monoisotopic (exact) mass is 213 g/mol. The summed E-state index contributed by atoms with van der Waals surface area (Å²) in [6.45, 7) is 4.21. The molecule has 1 aromatic carbocycles. The summed E-state index contributed by atoms with van der Waals surface area (Å²) in [5, 5.41) is 3.05. The Labute approximate surface area is 95.6 Å². The summed E-state index contributed by atoms with van der Waals surface area (Å²) < 4.78 is 0. The summed E-state index contributed by atoms with van der Waals surface area (Å²) in [7, 11) is 1.86. The first-order valence-electron chi connectivity index (χ1n) is 5.28. The van der Waals surface area contributed by atoms with Crippen LogP contribution in [-0.4, -0.2) is 17.0 Å². The highest BCUT2D eigenvalue weighted by Crippen LogP contribution is 2.24. The third kappa shape index (κ3) is 1.89. The number of nitrogens with one attached hydrogen (secondary N) is 1. The largest absolute Gasteiger partial charge is 0.371 e. The predicted molar refractivity (Wildman–Crippen MR) is 66.5 cm³/mol. The lowest BCUT2D eigenvalue weighted by molar-refractivity contribution is 1.19. The first kappa shape index (κ1) is 10.6. The summed E-state index contributed by atoms with van der Waals surface area (Å²) in [5.41, 5.74) is 4.55. The molecule has 1 aromatic heterocycles. The van der Waals surface area contributed by atoms with Crippen molar-refractivity contribution in [2.75, 3.05) is 12.4 Å². The molecule has 0 saturated heterocycles. The van der Waals surface area contributed by atoms with Crippen molar-refractivity contribution in [1.29, 1.82) is 0 Å². The van der Waals surface area contributed by atoms with Crippen LogP contribution in [0.5, 0.6) is 0 Å². The van der Waals surface area contributed by atoms with E-state index >= 15 is 0 Å². The lowest BCUT2D eigenvalue weighted by Crippen LogP contribution is -1.97. The molecule has 2 rings (SSSR count). The second-order valence-corrected chi connectivity index (χ2v) is 3.80. The lowest BCUT2D eigenvalue weighted by Gasteiger charge is -2.08. The molecule has 0 atom stereocenters. The van der Waals surface area contributed by atoms with Gasteiger partial charge in [-0.15, -0.1) is 0 Å². The van der Waals surface area contributed by atoms with Gasteiger partial charge in [-0.25, -0.2) is 4.98 Å². The molecule has 0 amide bonds. The van der Waals surface area contributed by atoms with Gasteiger partial charge in [-0.3, -0.25) is 4.98 Å². The van der Waals surface area contributed by atoms with E-state index < -0.39 is 0 Å². The minimum atomic E-state index is 0.811. The molecule has 3 nitrogen and oxygen atoms in total. The van der Waals surface area contributed by atoms with Crippen molar-refractivity contribution in [3.8, 4) is 11.3 Å². The summed E-state index contributed by atoms with van der Waals surface area (Å²) in [6.07, 6.45) is 3.40. The highest BCUT2D eigenvalue weighted by Gasteiger charge is 2.06. The van der Waals surface area contributed by atoms with Crippen LogP contribution in [0.3, 0.4) is 0 Å². The molecule has 82 valence electrons. The lowest BCUT2D eigenvalue weighted by atomic mass is 10.0. The molecule has 1 heterocycles. The van der Waals surface area contributed by atoms with Gasteiger partial charge in [0.1, 0.15) is 5.69 Å². The Kier molecular flexibility index (Phi) is 2.86. The standard InChI is InChI=1S/C13H15N3/c1-9-4-5-11(8-10(9)2)12-13(14-3)16-7-6-15-12/h4-8H,1-3H3,(H,14,16). The summed E-state index contributed by atoms with van der Waals surface area (Å²) >= 11 is 0. The fraction of sp³-hybridized carbons (Fsp3) is 0.231. The Balaban J connectivity index is 2.54. The second kappa shape index (κ2) is 4.31. The molecule has 0 fully saturated rings. The van der Waals surface area contributed by atoms with E-state index in [0.717, 1.165) is 17.1 Å². The van der Waals surface area contributed by atoms with E-state index in [2.05, 4.69) is 47.3 Å². The van der Waals surface area contributed by atoms with E-state index in [1.807, 2.05) is 7.05 Å². The van der Waals surface area contributed by atoms with Crippen LogP contribution in [0, 0.1) is 13.8 Å². The molecule has 2 aromatic rings. The van der Waals surface area contributed by atoms with E-state index in [-0.39, 0.29) is 0 Å². The molecule has 0 unspecified atom stereocenters. The van der Waals surface area contributed by atoms with E-state index in [4.69, 9.17) is 0 Å². The van der Waals surface area contributed by atoms with Crippen LogP contribution in [0.15, 0.2) is 30.6 Å². The number of hydrogen-bond donors (Lipinski definition) is 1. The Hall–Kier alpha value is -1.90. The van der Waals surface area contributed by atoms with Crippen molar-refractivity contribution in [3.63, 3.8) is 0 Å². The van der Waals surface area contributed by atoms with Crippen LogP contribution in [0.4, 0.5) is 5.82 Å². The van der Waals surface area contributed by atoms with Gasteiger partial charge in [0.25, 0.3) is 0 Å². The minimum Gasteiger partial charge on any atom is -0.371 e. The maximum Gasteiger partial charge on any atom is 0.152 e. The van der Waals surface area contributed by atoms with Crippen LogP contribution in [0.2, 0.25) is 0 Å². The van der Waals surface area contributed by atoms with Gasteiger partial charge >= 0.3 is 0 Å². The molecule has 0 aliphatic rings. The van der Waals surface area contributed by atoms with Crippen LogP contribution < -0.4 is 5.32 Å². The van der Waals surface area contributed by atoms with Crippen LogP contribution >= 0.6 is 0 Å². The van der Waals surface area contributed by atoms with Gasteiger partial charge in [-0.1, -0.05) is 12.1 Å². The Morgan fingerprint density at radius 3 is 2.44 bits per heavy atom. The molecule has 0 radical (unpaired) electrons. The number of nitrogens with zero attached hydrogens (tertiary/aromatic N) is 2. The number of hydrogen-bond acceptors (Lipinski definition) is 3. The molecule has 3 heteroatoms. The molecule has 0 aliphatic heterocycles. The van der Waals surface area contributed by atoms with E-state index in [0.29, 0.717) is 0 Å². The van der Waals surface area contributed by atoms with Crippen LogP contribution in [-0.2, 0) is 0 Å². The molecule has 0 bridgehead atoms. The molecule has 0 aliphatic carbocycles. The van der Waals surface area contributed by atoms with Crippen LogP contribution in [0.25, 0.3) is 11.3 Å². The molecule has 0 spiro atoms. The van der Waals surface area contributed by atoms with Crippen molar-refractivity contribution in [2.45, 2.75) is 13.8 Å². The number of benzene rings is 1. The van der Waals surface area contributed by atoms with Gasteiger partial charge in [-0.05, 0) is 31.0 Å². The summed E-state index contributed by atoms with van der Waals surface area (Å²) in [6, 6.07) is 6.33. The fourth-order valence-corrected chi connectivity index (χ4v) is 1.62. The second-order valence-electron chi connectivity index (χ2n) is 3.80. The molecular formula is C13H15N3. The third-order valence-electron chi connectivity index (χ3n) is 2.72. The highest BCUT2D eigenvalue weighted by molar-refractivity contribution is 5.71. The maximum atomic E-state index is 4.37. The van der Waals surface area contributed by atoms with Gasteiger partial charge in [0, 0.05) is 25.0 Å². The zero-order chi connectivity index (χ0) is 11.5. The minimum absolute atomic E-state index is 0.811. The molecule has 0 saturated carbocycles. The number of aryl methyl sites for hydroxylation is 2. The van der Waals surface area contributed by atoms with E-state index in [1.54, 1.807) is 12.4 Å². The van der Waals surface area contributed by atoms with Gasteiger partial charge in [-0.2, -0.15) is 0 Å². The highest BCUT2D eigenvalue weighted by atomic mass is 15.0. The fourth-order valence-electron chi connectivity index (χ4n) is 1.62. The third-order valence-corrected chi connectivity index (χ3v) is 2.72. The first-order valence-corrected chi connectivity index (χ1v) is 5.28. The average Bonchev–Trinajstić information content (AvgIpc) is 2.32. The summed E-state index contributed by atoms with van der Waals surface area (Å²) in [5.74, 6) is 0.811. The normalized spacial score (nSPS) is 10.2. The SMILES string of the molecule is CNc1nccnc1-c1ccc(C)c(C)c1. The van der Waals surface area contributed by atoms with Crippen LogP contribution in [0.1, 0.15) is 11.1 Å². The zero-order valence-electron chi connectivity index (χ0n) is 9.78. The Bertz CT molecular complexity index is 506. The topological polar surface area (TPSA) is 37.8 Å². The molecule has 1 N–H and O–H groups in total. The number of rotatable bonds is 2. The van der Waals surface area contributed by atoms with Gasteiger partial charge in [0.05, 0.1) is 0 Å². The first-order chi connectivity index (χ1) is 7.72. The smallest absolute Gasteiger partial charge is 0.152 e. The van der Waals surface area contributed by atoms with Crippen molar-refractivity contribution in [1.82, 2.24) is 9.97 Å². The van der Waals surface area contributed by atoms with Crippen molar-refractivity contribution in [3.05, 3.63) is 41.7 Å². The van der Waals surface area contributed by atoms with Crippen molar-refractivity contribution >= 4 is 5.82 Å². The van der Waals surface area contributed by atoms with E-state index in [1.165, 1.54) is 11.1 Å². The molecule has 16 heavy (non-hydrogen) atoms. The van der Waals surface area contributed by atoms with Crippen molar-refractivity contribution < 1.29 is 0 Å². The quantitative estimate of drug-likeness (QED) is 0.833. The Morgan fingerprint density at radius 2 is 1.75 bits per heavy atom. The zero-order valence-corrected chi connectivity index (χ0v) is 9.78.